The van der Waals surface area contributed by atoms with Crippen molar-refractivity contribution < 1.29 is 4.79 Å². The molecule has 1 aromatic heterocycles. The van der Waals surface area contributed by atoms with E-state index in [1.54, 1.807) is 11.6 Å². The number of rotatable bonds is 2. The number of benzene rings is 1. The van der Waals surface area contributed by atoms with Crippen molar-refractivity contribution in [2.24, 2.45) is 16.5 Å². The van der Waals surface area contributed by atoms with Crippen LogP contribution in [0, 0.1) is 13.8 Å². The Labute approximate surface area is 110 Å². The van der Waals surface area contributed by atoms with Crippen LogP contribution in [0.4, 0.5) is 0 Å². The van der Waals surface area contributed by atoms with Crippen LogP contribution in [-0.2, 0) is 0 Å². The van der Waals surface area contributed by atoms with Crippen molar-refractivity contribution >= 4 is 11.9 Å². The molecule has 0 radical (unpaired) electrons. The normalized spacial score (nSPS) is 10.2. The van der Waals surface area contributed by atoms with Crippen LogP contribution in [0.15, 0.2) is 35.3 Å². The van der Waals surface area contributed by atoms with Gasteiger partial charge >= 0.3 is 0 Å². The van der Waals surface area contributed by atoms with Crippen LogP contribution in [0.1, 0.15) is 21.7 Å². The predicted molar refractivity (Wildman–Crippen MR) is 73.2 cm³/mol. The molecule has 6 heteroatoms. The van der Waals surface area contributed by atoms with Crippen molar-refractivity contribution in [3.05, 3.63) is 47.3 Å². The Bertz CT molecular complexity index is 639. The molecule has 0 saturated carbocycles. The zero-order valence-electron chi connectivity index (χ0n) is 10.8. The molecular weight excluding hydrogens is 242 g/mol. The molecule has 1 aromatic carbocycles. The number of nitrogens with two attached hydrogens (primary N) is 2. The fourth-order valence-electron chi connectivity index (χ4n) is 1.95. The van der Waals surface area contributed by atoms with E-state index in [4.69, 9.17) is 11.5 Å². The van der Waals surface area contributed by atoms with E-state index in [1.165, 1.54) is 0 Å². The van der Waals surface area contributed by atoms with Gasteiger partial charge in [0.15, 0.2) is 5.96 Å². The van der Waals surface area contributed by atoms with E-state index in [1.807, 2.05) is 37.3 Å². The summed E-state index contributed by atoms with van der Waals surface area (Å²) in [5.74, 6) is -0.728. The predicted octanol–water partition coefficient (Wildman–Crippen LogP) is 0.903. The molecule has 0 saturated heterocycles. The molecule has 19 heavy (non-hydrogen) atoms. The molecule has 0 bridgehead atoms. The maximum absolute atomic E-state index is 11.9. The summed E-state index contributed by atoms with van der Waals surface area (Å²) in [6.45, 7) is 3.56. The number of guanidine groups is 1. The van der Waals surface area contributed by atoms with Gasteiger partial charge in [-0.05, 0) is 26.0 Å². The van der Waals surface area contributed by atoms with E-state index < -0.39 is 5.91 Å². The summed E-state index contributed by atoms with van der Waals surface area (Å²) in [6, 6.07) is 9.55. The molecule has 0 atom stereocenters. The van der Waals surface area contributed by atoms with Gasteiger partial charge in [0.25, 0.3) is 5.91 Å². The monoisotopic (exact) mass is 257 g/mol. The SMILES string of the molecule is Cc1nn(-c2ccccc2)c(C)c1C(=O)N=C(N)N. The Morgan fingerprint density at radius 3 is 2.42 bits per heavy atom. The van der Waals surface area contributed by atoms with Gasteiger partial charge in [-0.1, -0.05) is 18.2 Å². The number of carbonyl (C=O) groups excluding carboxylic acids is 1. The van der Waals surface area contributed by atoms with Gasteiger partial charge in [-0.3, -0.25) is 4.79 Å². The van der Waals surface area contributed by atoms with Crippen LogP contribution in [0.25, 0.3) is 5.69 Å². The van der Waals surface area contributed by atoms with Crippen molar-refractivity contribution in [1.82, 2.24) is 9.78 Å². The lowest BCUT2D eigenvalue weighted by molar-refractivity contribution is 0.100. The second-order valence-corrected chi connectivity index (χ2v) is 4.13. The Kier molecular flexibility index (Phi) is 3.33. The van der Waals surface area contributed by atoms with Crippen molar-refractivity contribution in [3.63, 3.8) is 0 Å². The number of carbonyl (C=O) groups is 1. The third kappa shape index (κ3) is 2.47. The Morgan fingerprint density at radius 2 is 1.84 bits per heavy atom. The molecule has 1 amide bonds. The fourth-order valence-corrected chi connectivity index (χ4v) is 1.95. The highest BCUT2D eigenvalue weighted by Crippen LogP contribution is 2.18. The number of nitrogens with zero attached hydrogens (tertiary/aromatic N) is 3. The maximum Gasteiger partial charge on any atom is 0.283 e. The quantitative estimate of drug-likeness (QED) is 0.616. The van der Waals surface area contributed by atoms with Gasteiger partial charge in [-0.15, -0.1) is 0 Å². The third-order valence-electron chi connectivity index (χ3n) is 2.74. The van der Waals surface area contributed by atoms with Crippen molar-refractivity contribution in [2.45, 2.75) is 13.8 Å². The van der Waals surface area contributed by atoms with E-state index in [0.717, 1.165) is 5.69 Å². The lowest BCUT2D eigenvalue weighted by Crippen LogP contribution is -2.24. The number of aryl methyl sites for hydroxylation is 1. The van der Waals surface area contributed by atoms with Crippen LogP contribution < -0.4 is 11.5 Å². The summed E-state index contributed by atoms with van der Waals surface area (Å²) >= 11 is 0. The molecule has 98 valence electrons. The Hall–Kier alpha value is -2.63. The molecule has 6 nitrogen and oxygen atoms in total. The average Bonchev–Trinajstić information content (AvgIpc) is 2.65. The summed E-state index contributed by atoms with van der Waals surface area (Å²) in [7, 11) is 0. The number of amides is 1. The molecule has 0 spiro atoms. The minimum Gasteiger partial charge on any atom is -0.370 e. The summed E-state index contributed by atoms with van der Waals surface area (Å²) in [5.41, 5.74) is 13.1. The first-order valence-electron chi connectivity index (χ1n) is 5.76. The molecule has 0 unspecified atom stereocenters. The highest BCUT2D eigenvalue weighted by molar-refractivity contribution is 6.03. The maximum atomic E-state index is 11.9. The smallest absolute Gasteiger partial charge is 0.283 e. The van der Waals surface area contributed by atoms with Crippen LogP contribution in [0.5, 0.6) is 0 Å². The van der Waals surface area contributed by atoms with E-state index in [9.17, 15) is 4.79 Å². The van der Waals surface area contributed by atoms with E-state index >= 15 is 0 Å². The van der Waals surface area contributed by atoms with Crippen molar-refractivity contribution in [2.75, 3.05) is 0 Å². The summed E-state index contributed by atoms with van der Waals surface area (Å²) in [6.07, 6.45) is 0. The largest absolute Gasteiger partial charge is 0.370 e. The highest BCUT2D eigenvalue weighted by atomic mass is 16.1. The van der Waals surface area contributed by atoms with Crippen LogP contribution >= 0.6 is 0 Å². The third-order valence-corrected chi connectivity index (χ3v) is 2.74. The number of hydrogen-bond donors (Lipinski definition) is 2. The molecular formula is C13H15N5O. The summed E-state index contributed by atoms with van der Waals surface area (Å²) in [4.78, 5) is 15.5. The molecule has 0 aliphatic rings. The number of hydrogen-bond acceptors (Lipinski definition) is 2. The highest BCUT2D eigenvalue weighted by Gasteiger charge is 2.18. The zero-order valence-corrected chi connectivity index (χ0v) is 10.8. The van der Waals surface area contributed by atoms with Crippen molar-refractivity contribution in [1.29, 1.82) is 0 Å². The van der Waals surface area contributed by atoms with E-state index in [2.05, 4.69) is 10.1 Å². The number of aromatic nitrogens is 2. The Morgan fingerprint density at radius 1 is 1.21 bits per heavy atom. The molecule has 0 aliphatic heterocycles. The molecule has 4 N–H and O–H groups in total. The first-order valence-corrected chi connectivity index (χ1v) is 5.76. The Balaban J connectivity index is 2.52. The van der Waals surface area contributed by atoms with Crippen LogP contribution in [0.3, 0.4) is 0 Å². The number of para-hydroxylation sites is 1. The fraction of sp³-hybridized carbons (Fsp3) is 0.154. The minimum absolute atomic E-state index is 0.253. The molecule has 2 aromatic rings. The first kappa shape index (κ1) is 12.8. The second kappa shape index (κ2) is 4.93. The van der Waals surface area contributed by atoms with Gasteiger partial charge in [-0.2, -0.15) is 10.1 Å². The number of aliphatic imine (C=N–C) groups is 1. The van der Waals surface area contributed by atoms with Gasteiger partial charge in [0, 0.05) is 0 Å². The van der Waals surface area contributed by atoms with Gasteiger partial charge in [0.2, 0.25) is 0 Å². The minimum atomic E-state index is -0.475. The summed E-state index contributed by atoms with van der Waals surface area (Å²) in [5, 5.41) is 4.35. The van der Waals surface area contributed by atoms with E-state index in [0.29, 0.717) is 17.0 Å². The first-order chi connectivity index (χ1) is 9.00. The molecule has 0 aliphatic carbocycles. The summed E-state index contributed by atoms with van der Waals surface area (Å²) < 4.78 is 1.70. The second-order valence-electron chi connectivity index (χ2n) is 4.13. The van der Waals surface area contributed by atoms with Gasteiger partial charge in [-0.25, -0.2) is 4.68 Å². The van der Waals surface area contributed by atoms with Crippen LogP contribution in [0.2, 0.25) is 0 Å². The van der Waals surface area contributed by atoms with Gasteiger partial charge in [0.1, 0.15) is 0 Å². The molecule has 2 rings (SSSR count). The van der Waals surface area contributed by atoms with Gasteiger partial charge in [0.05, 0.1) is 22.6 Å². The standard InChI is InChI=1S/C13H15N5O/c1-8-11(12(19)16-13(14)15)9(2)18(17-8)10-6-4-3-5-7-10/h3-7H,1-2H3,(H4,14,15,16,19). The zero-order chi connectivity index (χ0) is 14.0. The lowest BCUT2D eigenvalue weighted by Gasteiger charge is -2.03. The van der Waals surface area contributed by atoms with Crippen molar-refractivity contribution in [3.8, 4) is 5.69 Å². The van der Waals surface area contributed by atoms with Crippen LogP contribution in [-0.4, -0.2) is 21.6 Å². The van der Waals surface area contributed by atoms with Gasteiger partial charge < -0.3 is 11.5 Å². The molecule has 1 heterocycles. The van der Waals surface area contributed by atoms with E-state index in [-0.39, 0.29) is 5.96 Å². The lowest BCUT2D eigenvalue weighted by atomic mass is 10.2. The topological polar surface area (TPSA) is 99.3 Å². The molecule has 0 fully saturated rings. The average molecular weight is 257 g/mol.